The van der Waals surface area contributed by atoms with Crippen molar-refractivity contribution in [1.82, 2.24) is 4.90 Å². The number of benzene rings is 1. The highest BCUT2D eigenvalue weighted by molar-refractivity contribution is 5.79. The first kappa shape index (κ1) is 16.3. The van der Waals surface area contributed by atoms with Crippen molar-refractivity contribution in [2.45, 2.75) is 12.5 Å². The van der Waals surface area contributed by atoms with Crippen molar-refractivity contribution >= 4 is 5.91 Å². The molecule has 6 nitrogen and oxygen atoms in total. The van der Waals surface area contributed by atoms with Crippen LogP contribution in [0.1, 0.15) is 11.3 Å². The molecule has 1 saturated heterocycles. The highest BCUT2D eigenvalue weighted by Crippen LogP contribution is 2.35. The molecule has 0 N–H and O–H groups in total. The molecule has 1 aliphatic rings. The third-order valence-corrected chi connectivity index (χ3v) is 4.28. The maximum absolute atomic E-state index is 12.3. The van der Waals surface area contributed by atoms with Crippen LogP contribution in [0.15, 0.2) is 51.9 Å². The number of carbonyl (C=O) groups excluding carboxylic acids is 1. The Morgan fingerprint density at radius 2 is 1.96 bits per heavy atom. The Kier molecular flexibility index (Phi) is 4.40. The number of carbonyl (C=O) groups is 1. The highest BCUT2D eigenvalue weighted by atomic mass is 16.5. The summed E-state index contributed by atoms with van der Waals surface area (Å²) in [4.78, 5) is 25.6. The third-order valence-electron chi connectivity index (χ3n) is 4.28. The molecule has 1 amide bonds. The number of ether oxygens (including phenoxy) is 2. The number of hydrogen-bond donors (Lipinski definition) is 0. The number of rotatable bonds is 5. The predicted octanol–water partition coefficient (Wildman–Crippen LogP) is 1.71. The molecule has 6 heteroatoms. The van der Waals surface area contributed by atoms with Crippen molar-refractivity contribution in [2.24, 2.45) is 0 Å². The lowest BCUT2D eigenvalue weighted by Gasteiger charge is -2.49. The van der Waals surface area contributed by atoms with Gasteiger partial charge in [0.15, 0.2) is 6.61 Å². The van der Waals surface area contributed by atoms with Gasteiger partial charge in [-0.2, -0.15) is 0 Å². The molecule has 3 rings (SSSR count). The minimum atomic E-state index is -0.474. The average molecular weight is 329 g/mol. The first-order valence-corrected chi connectivity index (χ1v) is 7.65. The van der Waals surface area contributed by atoms with E-state index in [0.29, 0.717) is 18.8 Å². The predicted molar refractivity (Wildman–Crippen MR) is 86.9 cm³/mol. The second-order valence-corrected chi connectivity index (χ2v) is 5.77. The molecular weight excluding hydrogens is 310 g/mol. The van der Waals surface area contributed by atoms with E-state index in [1.165, 1.54) is 12.3 Å². The molecule has 0 spiro atoms. The number of methoxy groups -OCH3 is 1. The van der Waals surface area contributed by atoms with Crippen molar-refractivity contribution < 1.29 is 18.7 Å². The minimum Gasteiger partial charge on any atom is -0.476 e. The fourth-order valence-electron chi connectivity index (χ4n) is 2.82. The van der Waals surface area contributed by atoms with Gasteiger partial charge in [-0.25, -0.2) is 0 Å². The van der Waals surface area contributed by atoms with Gasteiger partial charge in [0.2, 0.25) is 11.2 Å². The quantitative estimate of drug-likeness (QED) is 0.835. The Hall–Kier alpha value is -2.60. The molecule has 0 atom stereocenters. The van der Waals surface area contributed by atoms with Gasteiger partial charge in [-0.05, 0) is 12.5 Å². The third kappa shape index (κ3) is 2.92. The van der Waals surface area contributed by atoms with E-state index in [1.807, 2.05) is 30.3 Å². The van der Waals surface area contributed by atoms with Crippen molar-refractivity contribution in [3.05, 3.63) is 64.2 Å². The van der Waals surface area contributed by atoms with E-state index < -0.39 is 5.60 Å². The molecule has 0 radical (unpaired) electrons. The Labute approximate surface area is 139 Å². The maximum Gasteiger partial charge on any atom is 0.260 e. The fraction of sp³-hybridized carbons (Fsp3) is 0.333. The van der Waals surface area contributed by atoms with E-state index in [-0.39, 0.29) is 23.7 Å². The molecule has 2 aromatic rings. The van der Waals surface area contributed by atoms with E-state index in [0.717, 1.165) is 5.56 Å². The first-order chi connectivity index (χ1) is 11.6. The molecule has 2 heterocycles. The Morgan fingerprint density at radius 1 is 1.25 bits per heavy atom. The first-order valence-electron chi connectivity index (χ1n) is 7.65. The number of aryl methyl sites for hydroxylation is 1. The Balaban J connectivity index is 1.61. The van der Waals surface area contributed by atoms with E-state index in [9.17, 15) is 9.59 Å². The summed E-state index contributed by atoms with van der Waals surface area (Å²) in [5, 5.41) is 0. The van der Waals surface area contributed by atoms with Crippen LogP contribution in [0.4, 0.5) is 0 Å². The second kappa shape index (κ2) is 6.49. The van der Waals surface area contributed by atoms with Crippen LogP contribution in [-0.2, 0) is 15.1 Å². The van der Waals surface area contributed by atoms with Crippen LogP contribution < -0.4 is 10.2 Å². The zero-order valence-corrected chi connectivity index (χ0v) is 13.7. The van der Waals surface area contributed by atoms with Gasteiger partial charge in [-0.1, -0.05) is 30.3 Å². The highest BCUT2D eigenvalue weighted by Gasteiger charge is 2.46. The van der Waals surface area contributed by atoms with Crippen LogP contribution in [0.2, 0.25) is 0 Å². The lowest BCUT2D eigenvalue weighted by molar-refractivity contribution is -0.166. The summed E-state index contributed by atoms with van der Waals surface area (Å²) in [5.41, 5.74) is 0.265. The van der Waals surface area contributed by atoms with Gasteiger partial charge in [-0.15, -0.1) is 0 Å². The van der Waals surface area contributed by atoms with E-state index in [2.05, 4.69) is 0 Å². The summed E-state index contributed by atoms with van der Waals surface area (Å²) in [6.07, 6.45) is 1.30. The van der Waals surface area contributed by atoms with Crippen molar-refractivity contribution in [1.29, 1.82) is 0 Å². The Morgan fingerprint density at radius 3 is 2.58 bits per heavy atom. The lowest BCUT2D eigenvalue weighted by Crippen LogP contribution is -2.63. The maximum atomic E-state index is 12.3. The molecular formula is C18H19NO5. The molecule has 1 fully saturated rings. The summed E-state index contributed by atoms with van der Waals surface area (Å²) >= 11 is 0. The van der Waals surface area contributed by atoms with Gasteiger partial charge in [0, 0.05) is 13.2 Å². The van der Waals surface area contributed by atoms with Crippen molar-refractivity contribution in [2.75, 3.05) is 26.8 Å². The molecule has 1 aromatic heterocycles. The number of nitrogens with zero attached hydrogens (tertiary/aromatic N) is 1. The van der Waals surface area contributed by atoms with Gasteiger partial charge in [0.25, 0.3) is 5.91 Å². The molecule has 24 heavy (non-hydrogen) atoms. The average Bonchev–Trinajstić information content (AvgIpc) is 2.55. The van der Waals surface area contributed by atoms with E-state index >= 15 is 0 Å². The monoisotopic (exact) mass is 329 g/mol. The van der Waals surface area contributed by atoms with Crippen LogP contribution in [0, 0.1) is 6.92 Å². The molecule has 1 aromatic carbocycles. The topological polar surface area (TPSA) is 69.0 Å². The molecule has 0 unspecified atom stereocenters. The standard InChI is InChI=1S/C18H19NO5/c1-13-17(15(20)8-9-23-13)24-10-16(21)19-11-18(12-19,22-2)14-6-4-3-5-7-14/h3-9H,10-12H2,1-2H3. The molecule has 126 valence electrons. The van der Waals surface area contributed by atoms with Gasteiger partial charge in [-0.3, -0.25) is 9.59 Å². The summed E-state index contributed by atoms with van der Waals surface area (Å²) in [7, 11) is 1.64. The smallest absolute Gasteiger partial charge is 0.260 e. The molecule has 0 aliphatic carbocycles. The van der Waals surface area contributed by atoms with Crippen LogP contribution in [0.5, 0.6) is 5.75 Å². The van der Waals surface area contributed by atoms with Gasteiger partial charge >= 0.3 is 0 Å². The van der Waals surface area contributed by atoms with Crippen LogP contribution in [0.25, 0.3) is 0 Å². The molecule has 0 saturated carbocycles. The van der Waals surface area contributed by atoms with Crippen LogP contribution in [0.3, 0.4) is 0 Å². The van der Waals surface area contributed by atoms with Crippen LogP contribution in [-0.4, -0.2) is 37.6 Å². The fourth-order valence-corrected chi connectivity index (χ4v) is 2.82. The summed E-state index contributed by atoms with van der Waals surface area (Å²) in [6.45, 7) is 2.33. The number of amides is 1. The summed E-state index contributed by atoms with van der Waals surface area (Å²) in [6, 6.07) is 11.1. The van der Waals surface area contributed by atoms with Gasteiger partial charge in [0.1, 0.15) is 11.4 Å². The Bertz CT molecular complexity index is 777. The van der Waals surface area contributed by atoms with Gasteiger partial charge < -0.3 is 18.8 Å². The summed E-state index contributed by atoms with van der Waals surface area (Å²) in [5.74, 6) is 0.239. The largest absolute Gasteiger partial charge is 0.476 e. The lowest BCUT2D eigenvalue weighted by atomic mass is 9.86. The SMILES string of the molecule is COC1(c2ccccc2)CN(C(=O)COc2c(C)occc2=O)C1. The normalized spacial score (nSPS) is 15.7. The molecule has 0 bridgehead atoms. The summed E-state index contributed by atoms with van der Waals surface area (Å²) < 4.78 is 16.1. The number of likely N-dealkylation sites (tertiary alicyclic amines) is 1. The van der Waals surface area contributed by atoms with Crippen molar-refractivity contribution in [3.63, 3.8) is 0 Å². The van der Waals surface area contributed by atoms with E-state index in [1.54, 1.807) is 18.9 Å². The van der Waals surface area contributed by atoms with Gasteiger partial charge in [0.05, 0.1) is 19.4 Å². The van der Waals surface area contributed by atoms with Crippen LogP contribution >= 0.6 is 0 Å². The second-order valence-electron chi connectivity index (χ2n) is 5.77. The van der Waals surface area contributed by atoms with E-state index in [4.69, 9.17) is 13.9 Å². The molecule has 1 aliphatic heterocycles. The van der Waals surface area contributed by atoms with Crippen molar-refractivity contribution in [3.8, 4) is 5.75 Å². The minimum absolute atomic E-state index is 0.0763. The number of hydrogen-bond acceptors (Lipinski definition) is 5. The zero-order chi connectivity index (χ0) is 17.2. The zero-order valence-electron chi connectivity index (χ0n) is 13.7.